The number of ether oxygens (including phenoxy) is 1. The van der Waals surface area contributed by atoms with E-state index in [-0.39, 0.29) is 17.1 Å². The number of carbonyl (C=O) groups is 1. The SMILES string of the molecule is COc1cccnc1C(=O)C1CC12CCNCC2. The number of pyridine rings is 1. The molecule has 18 heavy (non-hydrogen) atoms. The number of methoxy groups -OCH3 is 1. The monoisotopic (exact) mass is 246 g/mol. The van der Waals surface area contributed by atoms with Gasteiger partial charge in [-0.1, -0.05) is 0 Å². The summed E-state index contributed by atoms with van der Waals surface area (Å²) in [7, 11) is 1.58. The Labute approximate surface area is 107 Å². The minimum Gasteiger partial charge on any atom is -0.494 e. The second-order valence-corrected chi connectivity index (χ2v) is 5.29. The van der Waals surface area contributed by atoms with Crippen molar-refractivity contribution in [1.29, 1.82) is 0 Å². The number of hydrogen-bond acceptors (Lipinski definition) is 4. The van der Waals surface area contributed by atoms with E-state index < -0.39 is 0 Å². The van der Waals surface area contributed by atoms with Gasteiger partial charge in [-0.25, -0.2) is 4.98 Å². The third kappa shape index (κ3) is 1.81. The average Bonchev–Trinajstić information content (AvgIpc) is 3.12. The van der Waals surface area contributed by atoms with E-state index >= 15 is 0 Å². The largest absolute Gasteiger partial charge is 0.494 e. The molecular formula is C14H18N2O2. The fourth-order valence-electron chi connectivity index (χ4n) is 3.10. The van der Waals surface area contributed by atoms with Gasteiger partial charge < -0.3 is 10.1 Å². The van der Waals surface area contributed by atoms with Gasteiger partial charge in [-0.2, -0.15) is 0 Å². The molecule has 2 fully saturated rings. The normalized spacial score (nSPS) is 24.8. The first-order valence-electron chi connectivity index (χ1n) is 6.51. The van der Waals surface area contributed by atoms with Crippen LogP contribution in [0.5, 0.6) is 5.75 Å². The Morgan fingerprint density at radius 2 is 2.28 bits per heavy atom. The van der Waals surface area contributed by atoms with E-state index in [0.29, 0.717) is 11.4 Å². The molecule has 1 N–H and O–H groups in total. The molecule has 2 heterocycles. The minimum atomic E-state index is 0.156. The molecule has 1 aliphatic carbocycles. The van der Waals surface area contributed by atoms with Crippen molar-refractivity contribution in [1.82, 2.24) is 10.3 Å². The molecule has 1 aromatic heterocycles. The first-order chi connectivity index (χ1) is 8.77. The van der Waals surface area contributed by atoms with Gasteiger partial charge in [0, 0.05) is 12.1 Å². The van der Waals surface area contributed by atoms with Crippen LogP contribution < -0.4 is 10.1 Å². The van der Waals surface area contributed by atoms with E-state index in [1.54, 1.807) is 25.4 Å². The Hall–Kier alpha value is -1.42. The molecule has 3 rings (SSSR count). The van der Waals surface area contributed by atoms with Gasteiger partial charge in [0.2, 0.25) is 0 Å². The van der Waals surface area contributed by atoms with Gasteiger partial charge in [0.1, 0.15) is 11.4 Å². The highest BCUT2D eigenvalue weighted by Crippen LogP contribution is 2.59. The summed E-state index contributed by atoms with van der Waals surface area (Å²) < 4.78 is 5.22. The molecule has 1 atom stereocenters. The molecule has 1 unspecified atom stereocenters. The van der Waals surface area contributed by atoms with Crippen molar-refractivity contribution in [3.05, 3.63) is 24.0 Å². The number of ketones is 1. The molecule has 1 spiro atoms. The molecule has 96 valence electrons. The van der Waals surface area contributed by atoms with E-state index in [1.165, 1.54) is 0 Å². The van der Waals surface area contributed by atoms with E-state index in [9.17, 15) is 4.79 Å². The summed E-state index contributed by atoms with van der Waals surface area (Å²) in [5, 5.41) is 3.35. The average molecular weight is 246 g/mol. The number of carbonyl (C=O) groups excluding carboxylic acids is 1. The molecule has 1 aromatic rings. The van der Waals surface area contributed by atoms with E-state index in [1.807, 2.05) is 0 Å². The third-order valence-corrected chi connectivity index (χ3v) is 4.33. The summed E-state index contributed by atoms with van der Waals surface area (Å²) in [4.78, 5) is 16.7. The van der Waals surface area contributed by atoms with Crippen molar-refractivity contribution in [2.45, 2.75) is 19.3 Å². The first-order valence-corrected chi connectivity index (χ1v) is 6.51. The maximum Gasteiger partial charge on any atom is 0.188 e. The molecule has 0 amide bonds. The van der Waals surface area contributed by atoms with Gasteiger partial charge in [0.05, 0.1) is 7.11 Å². The van der Waals surface area contributed by atoms with Crippen LogP contribution in [-0.4, -0.2) is 31.0 Å². The number of nitrogens with zero attached hydrogens (tertiary/aromatic N) is 1. The van der Waals surface area contributed by atoms with Crippen LogP contribution >= 0.6 is 0 Å². The second-order valence-electron chi connectivity index (χ2n) is 5.29. The molecular weight excluding hydrogens is 228 g/mol. The minimum absolute atomic E-state index is 0.156. The van der Waals surface area contributed by atoms with Crippen LogP contribution in [0.1, 0.15) is 29.8 Å². The molecule has 1 saturated carbocycles. The Bertz CT molecular complexity index is 467. The third-order valence-electron chi connectivity index (χ3n) is 4.33. The topological polar surface area (TPSA) is 51.2 Å². The van der Waals surface area contributed by atoms with Crippen LogP contribution in [0.25, 0.3) is 0 Å². The highest BCUT2D eigenvalue weighted by molar-refractivity contribution is 6.00. The van der Waals surface area contributed by atoms with Crippen LogP contribution in [-0.2, 0) is 0 Å². The highest BCUT2D eigenvalue weighted by Gasteiger charge is 2.58. The number of hydrogen-bond donors (Lipinski definition) is 1. The molecule has 0 aromatic carbocycles. The second kappa shape index (κ2) is 4.35. The lowest BCUT2D eigenvalue weighted by molar-refractivity contribution is 0.0932. The van der Waals surface area contributed by atoms with Crippen molar-refractivity contribution in [3.8, 4) is 5.75 Å². The lowest BCUT2D eigenvalue weighted by Crippen LogP contribution is -2.30. The molecule has 0 radical (unpaired) electrons. The number of aromatic nitrogens is 1. The van der Waals surface area contributed by atoms with Gasteiger partial charge >= 0.3 is 0 Å². The quantitative estimate of drug-likeness (QED) is 0.824. The number of piperidine rings is 1. The molecule has 4 nitrogen and oxygen atoms in total. The van der Waals surface area contributed by atoms with Gasteiger partial charge in [0.25, 0.3) is 0 Å². The Balaban J connectivity index is 1.80. The Morgan fingerprint density at radius 1 is 1.50 bits per heavy atom. The van der Waals surface area contributed by atoms with Gasteiger partial charge in [0.15, 0.2) is 5.78 Å². The molecule has 2 aliphatic rings. The van der Waals surface area contributed by atoms with E-state index in [0.717, 1.165) is 32.4 Å². The number of rotatable bonds is 3. The van der Waals surface area contributed by atoms with Gasteiger partial charge in [-0.3, -0.25) is 4.79 Å². The zero-order valence-electron chi connectivity index (χ0n) is 10.6. The van der Waals surface area contributed by atoms with Crippen molar-refractivity contribution < 1.29 is 9.53 Å². The summed E-state index contributed by atoms with van der Waals surface area (Å²) in [6.07, 6.45) is 4.90. The van der Waals surface area contributed by atoms with Crippen molar-refractivity contribution in [3.63, 3.8) is 0 Å². The molecule has 1 aliphatic heterocycles. The zero-order chi connectivity index (χ0) is 12.6. The molecule has 4 heteroatoms. The van der Waals surface area contributed by atoms with Crippen LogP contribution in [0.3, 0.4) is 0 Å². The number of nitrogens with one attached hydrogen (secondary N) is 1. The lowest BCUT2D eigenvalue weighted by Gasteiger charge is -2.23. The van der Waals surface area contributed by atoms with E-state index in [2.05, 4.69) is 10.3 Å². The number of Topliss-reactive ketones (excluding diaryl/α,β-unsaturated/α-hetero) is 1. The van der Waals surface area contributed by atoms with Crippen molar-refractivity contribution in [2.24, 2.45) is 11.3 Å². The predicted molar refractivity (Wildman–Crippen MR) is 67.8 cm³/mol. The fraction of sp³-hybridized carbons (Fsp3) is 0.571. The predicted octanol–water partition coefficient (Wildman–Crippen LogP) is 1.66. The standard InChI is InChI=1S/C14H18N2O2/c1-18-11-3-2-6-16-12(11)13(17)10-9-14(10)4-7-15-8-5-14/h2-3,6,10,15H,4-5,7-9H2,1H3. The van der Waals surface area contributed by atoms with Gasteiger partial charge in [-0.15, -0.1) is 0 Å². The molecule has 1 saturated heterocycles. The van der Waals surface area contributed by atoms with Crippen molar-refractivity contribution in [2.75, 3.05) is 20.2 Å². The van der Waals surface area contributed by atoms with Crippen LogP contribution in [0.4, 0.5) is 0 Å². The summed E-state index contributed by atoms with van der Waals surface area (Å²) in [5.74, 6) is 0.913. The Kier molecular flexibility index (Phi) is 2.82. The first kappa shape index (κ1) is 11.7. The van der Waals surface area contributed by atoms with E-state index in [4.69, 9.17) is 4.74 Å². The van der Waals surface area contributed by atoms with Gasteiger partial charge in [-0.05, 0) is 49.9 Å². The summed E-state index contributed by atoms with van der Waals surface area (Å²) in [6.45, 7) is 2.06. The lowest BCUT2D eigenvalue weighted by atomic mass is 9.90. The zero-order valence-corrected chi connectivity index (χ0v) is 10.6. The fourth-order valence-corrected chi connectivity index (χ4v) is 3.10. The van der Waals surface area contributed by atoms with Crippen LogP contribution in [0.2, 0.25) is 0 Å². The van der Waals surface area contributed by atoms with Crippen molar-refractivity contribution >= 4 is 5.78 Å². The van der Waals surface area contributed by atoms with Crippen LogP contribution in [0, 0.1) is 11.3 Å². The molecule has 0 bridgehead atoms. The smallest absolute Gasteiger partial charge is 0.188 e. The van der Waals surface area contributed by atoms with Crippen LogP contribution in [0.15, 0.2) is 18.3 Å². The summed E-state index contributed by atoms with van der Waals surface area (Å²) >= 11 is 0. The summed E-state index contributed by atoms with van der Waals surface area (Å²) in [6, 6.07) is 3.60. The Morgan fingerprint density at radius 3 is 3.00 bits per heavy atom. The maximum atomic E-state index is 12.5. The highest BCUT2D eigenvalue weighted by atomic mass is 16.5. The maximum absolute atomic E-state index is 12.5. The summed E-state index contributed by atoms with van der Waals surface area (Å²) in [5.41, 5.74) is 0.755.